The lowest BCUT2D eigenvalue weighted by molar-refractivity contribution is -0.123. The van der Waals surface area contributed by atoms with Crippen molar-refractivity contribution in [3.63, 3.8) is 0 Å². The highest BCUT2D eigenvalue weighted by molar-refractivity contribution is 9.10. The number of nitrogens with one attached hydrogen (secondary N) is 1. The van der Waals surface area contributed by atoms with E-state index in [4.69, 9.17) is 9.15 Å². The van der Waals surface area contributed by atoms with Gasteiger partial charge in [0.1, 0.15) is 5.58 Å². The van der Waals surface area contributed by atoms with Crippen molar-refractivity contribution < 1.29 is 18.7 Å². The second-order valence-corrected chi connectivity index (χ2v) is 6.52. The Hall–Kier alpha value is -2.60. The van der Waals surface area contributed by atoms with Crippen molar-refractivity contribution in [2.75, 3.05) is 5.32 Å². The Balaban J connectivity index is 1.73. The Morgan fingerprint density at radius 2 is 1.88 bits per heavy atom. The number of esters is 1. The van der Waals surface area contributed by atoms with Crippen LogP contribution in [0.1, 0.15) is 23.0 Å². The molecule has 1 N–H and O–H groups in total. The van der Waals surface area contributed by atoms with Crippen LogP contribution in [0.25, 0.3) is 11.0 Å². The molecule has 0 radical (unpaired) electrons. The highest BCUT2D eigenvalue weighted by Crippen LogP contribution is 2.28. The first-order valence-corrected chi connectivity index (χ1v) is 8.50. The summed E-state index contributed by atoms with van der Waals surface area (Å²) in [6, 6.07) is 14.5. The maximum absolute atomic E-state index is 12.4. The molecule has 1 amide bonds. The minimum absolute atomic E-state index is 0.104. The number of hydrogen-bond donors (Lipinski definition) is 1. The van der Waals surface area contributed by atoms with E-state index in [-0.39, 0.29) is 5.76 Å². The summed E-state index contributed by atoms with van der Waals surface area (Å²) < 4.78 is 11.7. The van der Waals surface area contributed by atoms with E-state index in [0.717, 1.165) is 9.86 Å². The number of halogens is 1. The SMILES string of the molecule is Cc1c(C(=O)OC(C)C(=O)Nc2ccccc2)oc2ccc(Br)cc12. The fraction of sp³-hybridized carbons (Fsp3) is 0.158. The fourth-order valence-electron chi connectivity index (χ4n) is 2.42. The summed E-state index contributed by atoms with van der Waals surface area (Å²) in [5, 5.41) is 3.52. The monoisotopic (exact) mass is 401 g/mol. The molecule has 0 aliphatic rings. The van der Waals surface area contributed by atoms with Crippen LogP contribution in [-0.2, 0) is 9.53 Å². The van der Waals surface area contributed by atoms with Crippen molar-refractivity contribution in [3.05, 3.63) is 64.3 Å². The zero-order valence-corrected chi connectivity index (χ0v) is 15.3. The molecule has 1 aromatic heterocycles. The second-order valence-electron chi connectivity index (χ2n) is 5.60. The molecular weight excluding hydrogens is 386 g/mol. The molecule has 1 heterocycles. The minimum Gasteiger partial charge on any atom is -0.449 e. The predicted octanol–water partition coefficient (Wildman–Crippen LogP) is 4.69. The maximum Gasteiger partial charge on any atom is 0.375 e. The average molecular weight is 402 g/mol. The molecule has 1 atom stereocenters. The van der Waals surface area contributed by atoms with Gasteiger partial charge in [0.05, 0.1) is 0 Å². The van der Waals surface area contributed by atoms with Gasteiger partial charge in [-0.1, -0.05) is 34.1 Å². The topological polar surface area (TPSA) is 68.5 Å². The summed E-state index contributed by atoms with van der Waals surface area (Å²) in [5.74, 6) is -0.968. The molecule has 6 heteroatoms. The molecule has 0 aliphatic heterocycles. The molecule has 2 aromatic carbocycles. The second kappa shape index (κ2) is 7.11. The lowest BCUT2D eigenvalue weighted by Gasteiger charge is -2.12. The molecule has 25 heavy (non-hydrogen) atoms. The van der Waals surface area contributed by atoms with Crippen LogP contribution < -0.4 is 5.32 Å². The van der Waals surface area contributed by atoms with Crippen LogP contribution in [0.15, 0.2) is 57.4 Å². The van der Waals surface area contributed by atoms with Gasteiger partial charge in [0.25, 0.3) is 5.91 Å². The number of hydrogen-bond acceptors (Lipinski definition) is 4. The van der Waals surface area contributed by atoms with E-state index in [0.29, 0.717) is 16.8 Å². The van der Waals surface area contributed by atoms with E-state index in [1.165, 1.54) is 6.92 Å². The zero-order valence-electron chi connectivity index (χ0n) is 13.7. The number of anilines is 1. The molecule has 3 rings (SSSR count). The van der Waals surface area contributed by atoms with Gasteiger partial charge in [0, 0.05) is 21.1 Å². The van der Waals surface area contributed by atoms with Crippen LogP contribution in [0, 0.1) is 6.92 Å². The van der Waals surface area contributed by atoms with Crippen molar-refractivity contribution in [1.82, 2.24) is 0 Å². The van der Waals surface area contributed by atoms with Crippen LogP contribution in [0.2, 0.25) is 0 Å². The van der Waals surface area contributed by atoms with Crippen molar-refractivity contribution in [1.29, 1.82) is 0 Å². The number of benzene rings is 2. The van der Waals surface area contributed by atoms with E-state index in [9.17, 15) is 9.59 Å². The molecule has 0 saturated heterocycles. The smallest absolute Gasteiger partial charge is 0.375 e. The molecule has 1 unspecified atom stereocenters. The third kappa shape index (κ3) is 3.74. The highest BCUT2D eigenvalue weighted by Gasteiger charge is 2.24. The van der Waals surface area contributed by atoms with Crippen molar-refractivity contribution in [2.24, 2.45) is 0 Å². The van der Waals surface area contributed by atoms with E-state index < -0.39 is 18.0 Å². The normalized spacial score (nSPS) is 12.0. The largest absolute Gasteiger partial charge is 0.449 e. The van der Waals surface area contributed by atoms with Gasteiger partial charge in [0.15, 0.2) is 6.10 Å². The number of furan rings is 1. The van der Waals surface area contributed by atoms with Gasteiger partial charge in [-0.3, -0.25) is 4.79 Å². The maximum atomic E-state index is 12.4. The number of carbonyl (C=O) groups is 2. The van der Waals surface area contributed by atoms with Gasteiger partial charge in [-0.25, -0.2) is 4.79 Å². The number of ether oxygens (including phenoxy) is 1. The van der Waals surface area contributed by atoms with Crippen LogP contribution >= 0.6 is 15.9 Å². The van der Waals surface area contributed by atoms with E-state index >= 15 is 0 Å². The standard InChI is InChI=1S/C19H16BrNO4/c1-11-15-10-13(20)8-9-16(15)25-17(11)19(23)24-12(2)18(22)21-14-6-4-3-5-7-14/h3-10,12H,1-2H3,(H,21,22). The van der Waals surface area contributed by atoms with Gasteiger partial charge >= 0.3 is 5.97 Å². The molecular formula is C19H16BrNO4. The Labute approximate surface area is 153 Å². The molecule has 0 fully saturated rings. The number of aryl methyl sites for hydroxylation is 1. The first-order valence-electron chi connectivity index (χ1n) is 7.71. The molecule has 0 aliphatic carbocycles. The van der Waals surface area contributed by atoms with Crippen molar-refractivity contribution >= 4 is 44.5 Å². The summed E-state index contributed by atoms with van der Waals surface area (Å²) in [6.45, 7) is 3.30. The summed E-state index contributed by atoms with van der Waals surface area (Å²) in [7, 11) is 0. The zero-order chi connectivity index (χ0) is 18.0. The van der Waals surface area contributed by atoms with Gasteiger partial charge in [0.2, 0.25) is 5.76 Å². The van der Waals surface area contributed by atoms with E-state index in [1.54, 1.807) is 25.1 Å². The first kappa shape index (κ1) is 17.2. The lowest BCUT2D eigenvalue weighted by atomic mass is 10.1. The molecule has 128 valence electrons. The predicted molar refractivity (Wildman–Crippen MR) is 98.6 cm³/mol. The lowest BCUT2D eigenvalue weighted by Crippen LogP contribution is -2.30. The van der Waals surface area contributed by atoms with Gasteiger partial charge in [-0.2, -0.15) is 0 Å². The summed E-state index contributed by atoms with van der Waals surface area (Å²) in [4.78, 5) is 24.5. The summed E-state index contributed by atoms with van der Waals surface area (Å²) in [5.41, 5.74) is 1.91. The van der Waals surface area contributed by atoms with Gasteiger partial charge in [-0.05, 0) is 44.2 Å². The third-order valence-electron chi connectivity index (χ3n) is 3.78. The quantitative estimate of drug-likeness (QED) is 0.643. The molecule has 0 bridgehead atoms. The number of para-hydroxylation sites is 1. The number of rotatable bonds is 4. The Morgan fingerprint density at radius 3 is 2.60 bits per heavy atom. The molecule has 0 saturated carbocycles. The van der Waals surface area contributed by atoms with Crippen LogP contribution in [0.4, 0.5) is 5.69 Å². The Bertz CT molecular complexity index is 933. The van der Waals surface area contributed by atoms with Crippen LogP contribution in [0.3, 0.4) is 0 Å². The molecule has 5 nitrogen and oxygen atoms in total. The van der Waals surface area contributed by atoms with Crippen LogP contribution in [0.5, 0.6) is 0 Å². The summed E-state index contributed by atoms with van der Waals surface area (Å²) >= 11 is 3.39. The van der Waals surface area contributed by atoms with E-state index in [1.807, 2.05) is 30.3 Å². The van der Waals surface area contributed by atoms with E-state index in [2.05, 4.69) is 21.2 Å². The fourth-order valence-corrected chi connectivity index (χ4v) is 2.78. The van der Waals surface area contributed by atoms with Crippen LogP contribution in [-0.4, -0.2) is 18.0 Å². The number of carbonyl (C=O) groups excluding carboxylic acids is 2. The Kier molecular flexibility index (Phi) is 4.90. The highest BCUT2D eigenvalue weighted by atomic mass is 79.9. The number of fused-ring (bicyclic) bond motifs is 1. The third-order valence-corrected chi connectivity index (χ3v) is 4.27. The Morgan fingerprint density at radius 1 is 1.16 bits per heavy atom. The van der Waals surface area contributed by atoms with Gasteiger partial charge in [-0.15, -0.1) is 0 Å². The first-order chi connectivity index (χ1) is 12.0. The summed E-state index contributed by atoms with van der Waals surface area (Å²) in [6.07, 6.45) is -0.952. The average Bonchev–Trinajstić information content (AvgIpc) is 2.92. The van der Waals surface area contributed by atoms with Crippen molar-refractivity contribution in [3.8, 4) is 0 Å². The van der Waals surface area contributed by atoms with Gasteiger partial charge < -0.3 is 14.5 Å². The minimum atomic E-state index is -0.952. The van der Waals surface area contributed by atoms with Crippen molar-refractivity contribution in [2.45, 2.75) is 20.0 Å². The number of amides is 1. The molecule has 3 aromatic rings. The molecule has 0 spiro atoms.